The van der Waals surface area contributed by atoms with Crippen molar-refractivity contribution < 1.29 is 4.79 Å². The van der Waals surface area contributed by atoms with Crippen molar-refractivity contribution in [3.63, 3.8) is 0 Å². The quantitative estimate of drug-likeness (QED) is 0.576. The van der Waals surface area contributed by atoms with Gasteiger partial charge in [-0.2, -0.15) is 0 Å². The van der Waals surface area contributed by atoms with Crippen LogP contribution in [0, 0.1) is 6.92 Å². The van der Waals surface area contributed by atoms with Crippen molar-refractivity contribution in [2.45, 2.75) is 24.3 Å². The predicted octanol–water partition coefficient (Wildman–Crippen LogP) is 2.76. The average Bonchev–Trinajstić information content (AvgIpc) is 2.61. The summed E-state index contributed by atoms with van der Waals surface area (Å²) in [5.41, 5.74) is 1.53. The molecule has 128 valence electrons. The van der Waals surface area contributed by atoms with E-state index in [9.17, 15) is 9.59 Å². The first-order chi connectivity index (χ1) is 12.0. The van der Waals surface area contributed by atoms with Gasteiger partial charge in [0.2, 0.25) is 5.91 Å². The molecule has 1 N–H and O–H groups in total. The fourth-order valence-electron chi connectivity index (χ4n) is 2.28. The molecule has 0 aliphatic rings. The summed E-state index contributed by atoms with van der Waals surface area (Å²) in [6, 6.07) is 10.8. The van der Waals surface area contributed by atoms with E-state index >= 15 is 0 Å². The number of benzene rings is 1. The highest BCUT2D eigenvalue weighted by atomic mass is 32.2. The molecule has 0 bridgehead atoms. The van der Waals surface area contributed by atoms with Gasteiger partial charge >= 0.3 is 0 Å². The number of hydrogen-bond donors (Lipinski definition) is 1. The van der Waals surface area contributed by atoms with Crippen molar-refractivity contribution in [2.24, 2.45) is 7.05 Å². The van der Waals surface area contributed by atoms with E-state index in [0.29, 0.717) is 21.9 Å². The number of amides is 1. The molecule has 0 saturated heterocycles. The Hall–Kier alpha value is -2.67. The topological polar surface area (TPSA) is 76.9 Å². The minimum atomic E-state index is -0.428. The van der Waals surface area contributed by atoms with E-state index in [4.69, 9.17) is 0 Å². The third kappa shape index (κ3) is 3.71. The van der Waals surface area contributed by atoms with Crippen molar-refractivity contribution >= 4 is 34.4 Å². The van der Waals surface area contributed by atoms with Crippen molar-refractivity contribution in [2.75, 3.05) is 5.32 Å². The van der Waals surface area contributed by atoms with Gasteiger partial charge in [-0.05, 0) is 37.6 Å². The van der Waals surface area contributed by atoms with Crippen LogP contribution < -0.4 is 10.9 Å². The van der Waals surface area contributed by atoms with Gasteiger partial charge < -0.3 is 5.32 Å². The molecule has 0 radical (unpaired) electrons. The maximum absolute atomic E-state index is 12.4. The highest BCUT2D eigenvalue weighted by molar-refractivity contribution is 8.00. The highest BCUT2D eigenvalue weighted by Crippen LogP contribution is 2.22. The fourth-order valence-corrected chi connectivity index (χ4v) is 3.16. The Morgan fingerprint density at radius 1 is 1.24 bits per heavy atom. The summed E-state index contributed by atoms with van der Waals surface area (Å²) in [5, 5.41) is 3.41. The van der Waals surface area contributed by atoms with Crippen LogP contribution in [-0.2, 0) is 11.8 Å². The number of hydrogen-bond acceptors (Lipinski definition) is 5. The van der Waals surface area contributed by atoms with Gasteiger partial charge in [-0.3, -0.25) is 14.2 Å². The van der Waals surface area contributed by atoms with Gasteiger partial charge in [-0.25, -0.2) is 9.97 Å². The van der Waals surface area contributed by atoms with Crippen LogP contribution in [-0.4, -0.2) is 25.7 Å². The molecule has 7 heteroatoms. The Morgan fingerprint density at radius 3 is 2.72 bits per heavy atom. The lowest BCUT2D eigenvalue weighted by atomic mass is 10.2. The second-order valence-corrected chi connectivity index (χ2v) is 7.05. The maximum Gasteiger partial charge on any atom is 0.261 e. The number of rotatable bonds is 4. The van der Waals surface area contributed by atoms with Gasteiger partial charge in [0.25, 0.3) is 5.56 Å². The Morgan fingerprint density at radius 2 is 2.00 bits per heavy atom. The molecule has 1 aromatic carbocycles. The van der Waals surface area contributed by atoms with Gasteiger partial charge in [-0.1, -0.05) is 30.0 Å². The second kappa shape index (κ2) is 7.06. The molecule has 0 spiro atoms. The molecule has 3 aromatic rings. The van der Waals surface area contributed by atoms with Crippen LogP contribution in [0.4, 0.5) is 5.82 Å². The zero-order valence-corrected chi connectivity index (χ0v) is 15.0. The van der Waals surface area contributed by atoms with E-state index in [1.807, 2.05) is 25.1 Å². The summed E-state index contributed by atoms with van der Waals surface area (Å²) in [6.07, 6.45) is 1.70. The van der Waals surface area contributed by atoms with E-state index in [2.05, 4.69) is 15.3 Å². The SMILES string of the molecule is Cc1ccc(NC(=O)C(C)Sc2nc3ccccc3c(=O)n2C)nc1. The highest BCUT2D eigenvalue weighted by Gasteiger charge is 2.18. The van der Waals surface area contributed by atoms with E-state index in [1.54, 1.807) is 38.4 Å². The van der Waals surface area contributed by atoms with Crippen molar-refractivity contribution in [1.29, 1.82) is 0 Å². The minimum Gasteiger partial charge on any atom is -0.310 e. The predicted molar refractivity (Wildman–Crippen MR) is 99.9 cm³/mol. The summed E-state index contributed by atoms with van der Waals surface area (Å²) >= 11 is 1.24. The average molecular weight is 354 g/mol. The molecule has 0 aliphatic heterocycles. The number of para-hydroxylation sites is 1. The lowest BCUT2D eigenvalue weighted by Crippen LogP contribution is -2.25. The van der Waals surface area contributed by atoms with Gasteiger partial charge in [0, 0.05) is 13.2 Å². The molecule has 3 rings (SSSR count). The van der Waals surface area contributed by atoms with Crippen LogP contribution in [0.2, 0.25) is 0 Å². The molecule has 1 unspecified atom stereocenters. The lowest BCUT2D eigenvalue weighted by Gasteiger charge is -2.13. The van der Waals surface area contributed by atoms with Crippen LogP contribution in [0.3, 0.4) is 0 Å². The summed E-state index contributed by atoms with van der Waals surface area (Å²) < 4.78 is 1.47. The molecular formula is C18H18N4O2S. The Labute approximate surface area is 149 Å². The third-order valence-electron chi connectivity index (χ3n) is 3.76. The van der Waals surface area contributed by atoms with Gasteiger partial charge in [-0.15, -0.1) is 0 Å². The maximum atomic E-state index is 12.4. The molecule has 0 aliphatic carbocycles. The molecule has 2 heterocycles. The Kier molecular flexibility index (Phi) is 4.85. The van der Waals surface area contributed by atoms with E-state index in [0.717, 1.165) is 5.56 Å². The van der Waals surface area contributed by atoms with Crippen molar-refractivity contribution in [1.82, 2.24) is 14.5 Å². The largest absolute Gasteiger partial charge is 0.310 e. The summed E-state index contributed by atoms with van der Waals surface area (Å²) in [6.45, 7) is 3.71. The van der Waals surface area contributed by atoms with E-state index < -0.39 is 5.25 Å². The summed E-state index contributed by atoms with van der Waals surface area (Å²) in [5.74, 6) is 0.312. The molecular weight excluding hydrogens is 336 g/mol. The molecule has 2 aromatic heterocycles. The summed E-state index contributed by atoms with van der Waals surface area (Å²) in [4.78, 5) is 33.5. The first-order valence-electron chi connectivity index (χ1n) is 7.81. The Balaban J connectivity index is 1.80. The third-order valence-corrected chi connectivity index (χ3v) is 4.90. The number of anilines is 1. The number of thioether (sulfide) groups is 1. The van der Waals surface area contributed by atoms with Gasteiger partial charge in [0.15, 0.2) is 5.16 Å². The zero-order chi connectivity index (χ0) is 18.0. The number of carbonyl (C=O) groups excluding carboxylic acids is 1. The van der Waals surface area contributed by atoms with Crippen molar-refractivity contribution in [3.05, 3.63) is 58.5 Å². The van der Waals surface area contributed by atoms with Crippen LogP contribution in [0.5, 0.6) is 0 Å². The molecule has 1 amide bonds. The monoisotopic (exact) mass is 354 g/mol. The smallest absolute Gasteiger partial charge is 0.261 e. The number of aryl methyl sites for hydroxylation is 1. The molecule has 25 heavy (non-hydrogen) atoms. The van der Waals surface area contributed by atoms with Crippen LogP contribution in [0.1, 0.15) is 12.5 Å². The molecule has 6 nitrogen and oxygen atoms in total. The number of aromatic nitrogens is 3. The lowest BCUT2D eigenvalue weighted by molar-refractivity contribution is -0.115. The van der Waals surface area contributed by atoms with E-state index in [1.165, 1.54) is 16.3 Å². The van der Waals surface area contributed by atoms with Gasteiger partial charge in [0.05, 0.1) is 16.2 Å². The second-order valence-electron chi connectivity index (χ2n) is 5.75. The molecule has 0 fully saturated rings. The van der Waals surface area contributed by atoms with Crippen molar-refractivity contribution in [3.8, 4) is 0 Å². The molecule has 1 atom stereocenters. The van der Waals surface area contributed by atoms with Crippen LogP contribution in [0.15, 0.2) is 52.5 Å². The number of carbonyl (C=O) groups is 1. The first kappa shape index (κ1) is 17.2. The van der Waals surface area contributed by atoms with Crippen LogP contribution in [0.25, 0.3) is 10.9 Å². The minimum absolute atomic E-state index is 0.124. The van der Waals surface area contributed by atoms with E-state index in [-0.39, 0.29) is 11.5 Å². The fraction of sp³-hybridized carbons (Fsp3) is 0.222. The number of fused-ring (bicyclic) bond motifs is 1. The number of pyridine rings is 1. The van der Waals surface area contributed by atoms with Crippen LogP contribution >= 0.6 is 11.8 Å². The first-order valence-corrected chi connectivity index (χ1v) is 8.69. The molecule has 0 saturated carbocycles. The summed E-state index contributed by atoms with van der Waals surface area (Å²) in [7, 11) is 1.66. The zero-order valence-electron chi connectivity index (χ0n) is 14.2. The number of nitrogens with zero attached hydrogens (tertiary/aromatic N) is 3. The standard InChI is InChI=1S/C18H18N4O2S/c1-11-8-9-15(19-10-11)21-16(23)12(2)25-18-20-14-7-5-4-6-13(14)17(24)22(18)3/h4-10,12H,1-3H3,(H,19,21,23). The van der Waals surface area contributed by atoms with Gasteiger partial charge in [0.1, 0.15) is 5.82 Å². The normalized spacial score (nSPS) is 12.1. The Bertz CT molecular complexity index is 983. The number of nitrogens with one attached hydrogen (secondary N) is 1.